The SMILES string of the molecule is CN(C)c1nc2ncnc(NCC3CCN(CC(F)(F)F)CC3)c2s1. The van der Waals surface area contributed by atoms with Crippen LogP contribution in [0, 0.1) is 5.92 Å². The lowest BCUT2D eigenvalue weighted by atomic mass is 9.97. The van der Waals surface area contributed by atoms with Gasteiger partial charge in [-0.25, -0.2) is 9.97 Å². The molecule has 1 N–H and O–H groups in total. The predicted molar refractivity (Wildman–Crippen MR) is 93.2 cm³/mol. The highest BCUT2D eigenvalue weighted by Gasteiger charge is 2.32. The van der Waals surface area contributed by atoms with Crippen molar-refractivity contribution in [3.8, 4) is 0 Å². The minimum Gasteiger partial charge on any atom is -0.368 e. The molecule has 25 heavy (non-hydrogen) atoms. The molecule has 10 heteroatoms. The largest absolute Gasteiger partial charge is 0.401 e. The molecular weight excluding hydrogens is 353 g/mol. The number of nitrogens with one attached hydrogen (secondary N) is 1. The standard InChI is InChI=1S/C15H21F3N6S/c1-23(2)14-22-13-11(25-14)12(20-9-21-13)19-7-10-3-5-24(6-4-10)8-15(16,17)18/h9-10H,3-8H2,1-2H3,(H,19,20,21). The molecule has 0 saturated carbocycles. The molecule has 0 radical (unpaired) electrons. The van der Waals surface area contributed by atoms with Gasteiger partial charge in [-0.2, -0.15) is 18.2 Å². The highest BCUT2D eigenvalue weighted by atomic mass is 32.1. The lowest BCUT2D eigenvalue weighted by Crippen LogP contribution is -2.41. The van der Waals surface area contributed by atoms with Crippen molar-refractivity contribution < 1.29 is 13.2 Å². The Morgan fingerprint density at radius 1 is 1.28 bits per heavy atom. The minimum absolute atomic E-state index is 0.343. The second kappa shape index (κ2) is 7.28. The van der Waals surface area contributed by atoms with E-state index in [1.165, 1.54) is 22.6 Å². The van der Waals surface area contributed by atoms with E-state index in [0.29, 0.717) is 31.2 Å². The van der Waals surface area contributed by atoms with Gasteiger partial charge in [0.05, 0.1) is 6.54 Å². The van der Waals surface area contributed by atoms with Crippen LogP contribution in [0.2, 0.25) is 0 Å². The van der Waals surface area contributed by atoms with E-state index in [1.807, 2.05) is 19.0 Å². The van der Waals surface area contributed by atoms with Gasteiger partial charge in [0.25, 0.3) is 0 Å². The predicted octanol–water partition coefficient (Wildman–Crippen LogP) is 2.84. The van der Waals surface area contributed by atoms with Crippen molar-refractivity contribution in [3.05, 3.63) is 6.33 Å². The Hall–Kier alpha value is -1.68. The number of halogens is 3. The van der Waals surface area contributed by atoms with Crippen LogP contribution in [0.3, 0.4) is 0 Å². The summed E-state index contributed by atoms with van der Waals surface area (Å²) in [6.45, 7) is 0.849. The molecule has 0 atom stereocenters. The zero-order chi connectivity index (χ0) is 18.0. The van der Waals surface area contributed by atoms with Gasteiger partial charge >= 0.3 is 6.18 Å². The molecule has 1 saturated heterocycles. The summed E-state index contributed by atoms with van der Waals surface area (Å²) in [4.78, 5) is 16.3. The number of thiazole rings is 1. The van der Waals surface area contributed by atoms with Crippen LogP contribution in [-0.2, 0) is 0 Å². The first-order chi connectivity index (χ1) is 11.8. The fourth-order valence-electron chi connectivity index (χ4n) is 2.90. The van der Waals surface area contributed by atoms with E-state index in [0.717, 1.165) is 28.5 Å². The summed E-state index contributed by atoms with van der Waals surface area (Å²) in [5.74, 6) is 1.09. The van der Waals surface area contributed by atoms with E-state index in [9.17, 15) is 13.2 Å². The molecule has 0 unspecified atom stereocenters. The maximum Gasteiger partial charge on any atom is 0.401 e. The Bertz CT molecular complexity index is 709. The number of likely N-dealkylation sites (tertiary alicyclic amines) is 1. The summed E-state index contributed by atoms with van der Waals surface area (Å²) in [7, 11) is 3.85. The van der Waals surface area contributed by atoms with Crippen LogP contribution in [0.15, 0.2) is 6.33 Å². The van der Waals surface area contributed by atoms with Crippen molar-refractivity contribution in [2.45, 2.75) is 19.0 Å². The van der Waals surface area contributed by atoms with Gasteiger partial charge in [0, 0.05) is 20.6 Å². The Morgan fingerprint density at radius 3 is 2.64 bits per heavy atom. The fourth-order valence-corrected chi connectivity index (χ4v) is 3.81. The Labute approximate surface area is 148 Å². The van der Waals surface area contributed by atoms with Gasteiger partial charge in [0.1, 0.15) is 16.8 Å². The van der Waals surface area contributed by atoms with Gasteiger partial charge in [0.2, 0.25) is 0 Å². The summed E-state index contributed by atoms with van der Waals surface area (Å²) < 4.78 is 38.2. The van der Waals surface area contributed by atoms with Crippen LogP contribution in [0.4, 0.5) is 24.1 Å². The zero-order valence-corrected chi connectivity index (χ0v) is 15.0. The molecule has 0 aliphatic carbocycles. The van der Waals surface area contributed by atoms with Crippen molar-refractivity contribution in [2.24, 2.45) is 5.92 Å². The number of alkyl halides is 3. The number of piperidine rings is 1. The van der Waals surface area contributed by atoms with Gasteiger partial charge in [0.15, 0.2) is 10.8 Å². The third-order valence-corrected chi connectivity index (χ3v) is 5.45. The number of hydrogen-bond acceptors (Lipinski definition) is 7. The highest BCUT2D eigenvalue weighted by Crippen LogP contribution is 2.31. The Balaban J connectivity index is 1.57. The molecule has 2 aromatic heterocycles. The second-order valence-electron chi connectivity index (χ2n) is 6.48. The first-order valence-corrected chi connectivity index (χ1v) is 8.95. The first-order valence-electron chi connectivity index (χ1n) is 8.13. The average molecular weight is 374 g/mol. The topological polar surface area (TPSA) is 57.2 Å². The van der Waals surface area contributed by atoms with E-state index in [-0.39, 0.29) is 0 Å². The molecule has 1 aliphatic heterocycles. The van der Waals surface area contributed by atoms with Gasteiger partial charge in [-0.1, -0.05) is 11.3 Å². The Kier molecular flexibility index (Phi) is 5.28. The number of fused-ring (bicyclic) bond motifs is 1. The quantitative estimate of drug-likeness (QED) is 0.869. The molecule has 3 rings (SSSR count). The number of hydrogen-bond donors (Lipinski definition) is 1. The molecule has 1 aliphatic rings. The molecule has 6 nitrogen and oxygen atoms in total. The second-order valence-corrected chi connectivity index (χ2v) is 7.46. The van der Waals surface area contributed by atoms with Crippen LogP contribution >= 0.6 is 11.3 Å². The van der Waals surface area contributed by atoms with Crippen LogP contribution in [-0.4, -0.2) is 66.3 Å². The van der Waals surface area contributed by atoms with E-state index < -0.39 is 12.7 Å². The van der Waals surface area contributed by atoms with Crippen LogP contribution in [0.1, 0.15) is 12.8 Å². The third-order valence-electron chi connectivity index (χ3n) is 4.23. The molecule has 0 spiro atoms. The van der Waals surface area contributed by atoms with Crippen molar-refractivity contribution >= 4 is 32.6 Å². The molecule has 0 bridgehead atoms. The number of anilines is 2. The molecule has 2 aromatic rings. The molecule has 1 fully saturated rings. The summed E-state index contributed by atoms with van der Waals surface area (Å²) >= 11 is 1.52. The van der Waals surface area contributed by atoms with Gasteiger partial charge < -0.3 is 10.2 Å². The number of nitrogens with zero attached hydrogens (tertiary/aromatic N) is 5. The van der Waals surface area contributed by atoms with E-state index >= 15 is 0 Å². The average Bonchev–Trinajstić information content (AvgIpc) is 2.98. The summed E-state index contributed by atoms with van der Waals surface area (Å²) in [6.07, 6.45) is -1.13. The monoisotopic (exact) mass is 374 g/mol. The maximum absolute atomic E-state index is 12.4. The highest BCUT2D eigenvalue weighted by molar-refractivity contribution is 7.22. The molecule has 0 aromatic carbocycles. The first kappa shape index (κ1) is 18.1. The molecule has 3 heterocycles. The van der Waals surface area contributed by atoms with Gasteiger partial charge in [-0.15, -0.1) is 0 Å². The van der Waals surface area contributed by atoms with E-state index in [2.05, 4.69) is 20.3 Å². The lowest BCUT2D eigenvalue weighted by molar-refractivity contribution is -0.148. The normalized spacial score (nSPS) is 17.2. The Morgan fingerprint density at radius 2 is 2.00 bits per heavy atom. The fraction of sp³-hybridized carbons (Fsp3) is 0.667. The van der Waals surface area contributed by atoms with Crippen molar-refractivity contribution in [3.63, 3.8) is 0 Å². The van der Waals surface area contributed by atoms with Crippen LogP contribution in [0.25, 0.3) is 10.3 Å². The van der Waals surface area contributed by atoms with Crippen LogP contribution in [0.5, 0.6) is 0 Å². The lowest BCUT2D eigenvalue weighted by Gasteiger charge is -2.32. The van der Waals surface area contributed by atoms with Crippen LogP contribution < -0.4 is 10.2 Å². The van der Waals surface area contributed by atoms with Crippen molar-refractivity contribution in [2.75, 3.05) is 50.5 Å². The van der Waals surface area contributed by atoms with Gasteiger partial charge in [-0.3, -0.25) is 4.90 Å². The number of rotatable bonds is 5. The summed E-state index contributed by atoms with van der Waals surface area (Å²) in [5.41, 5.74) is 0.659. The zero-order valence-electron chi connectivity index (χ0n) is 14.2. The molecular formula is C15H21F3N6S. The third kappa shape index (κ3) is 4.69. The maximum atomic E-state index is 12.4. The van der Waals surface area contributed by atoms with E-state index in [4.69, 9.17) is 0 Å². The van der Waals surface area contributed by atoms with Crippen molar-refractivity contribution in [1.29, 1.82) is 0 Å². The van der Waals surface area contributed by atoms with E-state index in [1.54, 1.807) is 0 Å². The molecule has 0 amide bonds. The van der Waals surface area contributed by atoms with Crippen molar-refractivity contribution in [1.82, 2.24) is 19.9 Å². The number of aromatic nitrogens is 3. The minimum atomic E-state index is -4.12. The smallest absolute Gasteiger partial charge is 0.368 e. The summed E-state index contributed by atoms with van der Waals surface area (Å²) in [5, 5.41) is 4.19. The molecule has 138 valence electrons. The summed E-state index contributed by atoms with van der Waals surface area (Å²) in [6, 6.07) is 0. The van der Waals surface area contributed by atoms with Gasteiger partial charge in [-0.05, 0) is 31.8 Å².